The molecule has 3 heteroatoms. The fourth-order valence-corrected chi connectivity index (χ4v) is 1.84. The number of halogens is 1. The molecular weight excluding hydrogens is 197 g/mol. The van der Waals surface area contributed by atoms with Crippen LogP contribution in [0.2, 0.25) is 0 Å². The van der Waals surface area contributed by atoms with Crippen LogP contribution in [0.3, 0.4) is 0 Å². The summed E-state index contributed by atoms with van der Waals surface area (Å²) < 4.78 is 13.4. The lowest BCUT2D eigenvalue weighted by Gasteiger charge is -2.07. The lowest BCUT2D eigenvalue weighted by atomic mass is 10.1. The summed E-state index contributed by atoms with van der Waals surface area (Å²) in [6.45, 7) is 4.61. The van der Waals surface area contributed by atoms with E-state index in [0.29, 0.717) is 11.8 Å². The lowest BCUT2D eigenvalue weighted by molar-refractivity contribution is 0.615. The minimum absolute atomic E-state index is 0.138. The van der Waals surface area contributed by atoms with Gasteiger partial charge in [-0.3, -0.25) is 0 Å². The van der Waals surface area contributed by atoms with E-state index in [0.717, 1.165) is 16.9 Å². The van der Waals surface area contributed by atoms with Crippen LogP contribution in [0.1, 0.15) is 25.0 Å². The standard InChI is InChI=1S/C11H16FNS/c1-8(2)14-7-10-4-3-9(6-13)5-11(10)12/h3-5,8H,6-7,13H2,1-2H3. The maximum absolute atomic E-state index is 13.4. The summed E-state index contributed by atoms with van der Waals surface area (Å²) in [5.41, 5.74) is 7.03. The molecule has 0 saturated heterocycles. The number of hydrogen-bond acceptors (Lipinski definition) is 2. The zero-order valence-electron chi connectivity index (χ0n) is 8.59. The molecule has 1 rings (SSSR count). The van der Waals surface area contributed by atoms with Gasteiger partial charge in [0.15, 0.2) is 0 Å². The minimum Gasteiger partial charge on any atom is -0.326 e. The van der Waals surface area contributed by atoms with E-state index in [1.807, 2.05) is 12.1 Å². The molecule has 0 saturated carbocycles. The van der Waals surface area contributed by atoms with Crippen molar-refractivity contribution in [3.63, 3.8) is 0 Å². The molecule has 0 spiro atoms. The molecule has 2 N–H and O–H groups in total. The normalized spacial score (nSPS) is 10.9. The zero-order valence-corrected chi connectivity index (χ0v) is 9.40. The quantitative estimate of drug-likeness (QED) is 0.832. The van der Waals surface area contributed by atoms with Crippen LogP contribution in [0.15, 0.2) is 18.2 Å². The van der Waals surface area contributed by atoms with Crippen LogP contribution in [0, 0.1) is 5.82 Å². The molecule has 0 atom stereocenters. The summed E-state index contributed by atoms with van der Waals surface area (Å²) in [5, 5.41) is 0.531. The summed E-state index contributed by atoms with van der Waals surface area (Å²) in [6.07, 6.45) is 0. The van der Waals surface area contributed by atoms with E-state index in [1.165, 1.54) is 6.07 Å². The molecule has 0 fully saturated rings. The van der Waals surface area contributed by atoms with Crippen LogP contribution in [0.4, 0.5) is 4.39 Å². The van der Waals surface area contributed by atoms with Crippen molar-refractivity contribution in [2.75, 3.05) is 0 Å². The van der Waals surface area contributed by atoms with Gasteiger partial charge in [0.25, 0.3) is 0 Å². The number of rotatable bonds is 4. The third kappa shape index (κ3) is 3.31. The number of benzene rings is 1. The molecule has 0 aliphatic heterocycles. The Morgan fingerprint density at radius 1 is 1.43 bits per heavy atom. The Morgan fingerprint density at radius 3 is 2.64 bits per heavy atom. The Kier molecular flexibility index (Phi) is 4.42. The monoisotopic (exact) mass is 213 g/mol. The largest absolute Gasteiger partial charge is 0.326 e. The van der Waals surface area contributed by atoms with Gasteiger partial charge in [0.05, 0.1) is 0 Å². The van der Waals surface area contributed by atoms with Crippen molar-refractivity contribution in [2.24, 2.45) is 5.73 Å². The average molecular weight is 213 g/mol. The van der Waals surface area contributed by atoms with Gasteiger partial charge in [0.2, 0.25) is 0 Å². The topological polar surface area (TPSA) is 26.0 Å². The average Bonchev–Trinajstić information content (AvgIpc) is 2.15. The Morgan fingerprint density at radius 2 is 2.14 bits per heavy atom. The van der Waals surface area contributed by atoms with E-state index < -0.39 is 0 Å². The first-order chi connectivity index (χ1) is 6.63. The van der Waals surface area contributed by atoms with Crippen molar-refractivity contribution in [1.82, 2.24) is 0 Å². The molecule has 1 aromatic carbocycles. The van der Waals surface area contributed by atoms with Crippen LogP contribution in [0.25, 0.3) is 0 Å². The molecule has 0 unspecified atom stereocenters. The van der Waals surface area contributed by atoms with E-state index in [1.54, 1.807) is 11.8 Å². The first-order valence-corrected chi connectivity index (χ1v) is 5.77. The number of thioether (sulfide) groups is 1. The first-order valence-electron chi connectivity index (χ1n) is 4.72. The highest BCUT2D eigenvalue weighted by atomic mass is 32.2. The van der Waals surface area contributed by atoms with Crippen molar-refractivity contribution in [3.8, 4) is 0 Å². The highest BCUT2D eigenvalue weighted by molar-refractivity contribution is 7.99. The smallest absolute Gasteiger partial charge is 0.127 e. The van der Waals surface area contributed by atoms with Gasteiger partial charge in [-0.1, -0.05) is 26.0 Å². The maximum Gasteiger partial charge on any atom is 0.127 e. The lowest BCUT2D eigenvalue weighted by Crippen LogP contribution is -1.99. The van der Waals surface area contributed by atoms with Gasteiger partial charge >= 0.3 is 0 Å². The molecule has 0 radical (unpaired) electrons. The molecule has 0 aromatic heterocycles. The third-order valence-corrected chi connectivity index (χ3v) is 3.07. The van der Waals surface area contributed by atoms with Crippen LogP contribution < -0.4 is 5.73 Å². The highest BCUT2D eigenvalue weighted by Gasteiger charge is 2.04. The Balaban J connectivity index is 2.69. The molecule has 0 amide bonds. The second-order valence-corrected chi connectivity index (χ2v) is 5.05. The Labute approximate surface area is 88.9 Å². The van der Waals surface area contributed by atoms with E-state index in [4.69, 9.17) is 5.73 Å². The van der Waals surface area contributed by atoms with Gasteiger partial charge in [-0.25, -0.2) is 4.39 Å². The van der Waals surface area contributed by atoms with Crippen molar-refractivity contribution in [1.29, 1.82) is 0 Å². The maximum atomic E-state index is 13.4. The van der Waals surface area contributed by atoms with Gasteiger partial charge < -0.3 is 5.73 Å². The minimum atomic E-state index is -0.138. The highest BCUT2D eigenvalue weighted by Crippen LogP contribution is 2.20. The Hall–Kier alpha value is -0.540. The number of nitrogens with two attached hydrogens (primary N) is 1. The van der Waals surface area contributed by atoms with Gasteiger partial charge in [-0.05, 0) is 22.4 Å². The zero-order chi connectivity index (χ0) is 10.6. The number of hydrogen-bond donors (Lipinski definition) is 1. The van der Waals surface area contributed by atoms with Gasteiger partial charge in [0.1, 0.15) is 5.82 Å². The molecule has 78 valence electrons. The van der Waals surface area contributed by atoms with Crippen LogP contribution in [-0.4, -0.2) is 5.25 Å². The van der Waals surface area contributed by atoms with Crippen LogP contribution >= 0.6 is 11.8 Å². The summed E-state index contributed by atoms with van der Waals surface area (Å²) in [7, 11) is 0. The molecule has 0 aliphatic carbocycles. The molecule has 0 aliphatic rings. The second kappa shape index (κ2) is 5.37. The SMILES string of the molecule is CC(C)SCc1ccc(CN)cc1F. The van der Waals surface area contributed by atoms with E-state index in [-0.39, 0.29) is 5.82 Å². The van der Waals surface area contributed by atoms with Crippen LogP contribution in [-0.2, 0) is 12.3 Å². The summed E-state index contributed by atoms with van der Waals surface area (Å²) >= 11 is 1.74. The van der Waals surface area contributed by atoms with E-state index in [9.17, 15) is 4.39 Å². The summed E-state index contributed by atoms with van der Waals surface area (Å²) in [4.78, 5) is 0. The van der Waals surface area contributed by atoms with E-state index in [2.05, 4.69) is 13.8 Å². The molecular formula is C11H16FNS. The van der Waals surface area contributed by atoms with Crippen molar-refractivity contribution in [3.05, 3.63) is 35.1 Å². The van der Waals surface area contributed by atoms with Crippen molar-refractivity contribution >= 4 is 11.8 Å². The molecule has 0 bridgehead atoms. The fourth-order valence-electron chi connectivity index (χ4n) is 1.09. The molecule has 0 heterocycles. The van der Waals surface area contributed by atoms with Crippen molar-refractivity contribution < 1.29 is 4.39 Å². The summed E-state index contributed by atoms with van der Waals surface area (Å²) in [6, 6.07) is 5.24. The third-order valence-electron chi connectivity index (χ3n) is 1.93. The molecule has 14 heavy (non-hydrogen) atoms. The first kappa shape index (κ1) is 11.5. The molecule has 1 aromatic rings. The van der Waals surface area contributed by atoms with Crippen molar-refractivity contribution in [2.45, 2.75) is 31.4 Å². The van der Waals surface area contributed by atoms with Crippen LogP contribution in [0.5, 0.6) is 0 Å². The van der Waals surface area contributed by atoms with Gasteiger partial charge in [-0.2, -0.15) is 11.8 Å². The summed E-state index contributed by atoms with van der Waals surface area (Å²) in [5.74, 6) is 0.593. The fraction of sp³-hybridized carbons (Fsp3) is 0.455. The predicted molar refractivity (Wildman–Crippen MR) is 60.7 cm³/mol. The van der Waals surface area contributed by atoms with Gasteiger partial charge in [0, 0.05) is 12.3 Å². The second-order valence-electron chi connectivity index (χ2n) is 3.49. The Bertz CT molecular complexity index is 299. The predicted octanol–water partition coefficient (Wildman–Crippen LogP) is 2.93. The van der Waals surface area contributed by atoms with E-state index >= 15 is 0 Å². The van der Waals surface area contributed by atoms with Gasteiger partial charge in [-0.15, -0.1) is 0 Å². The molecule has 1 nitrogen and oxygen atoms in total.